The highest BCUT2D eigenvalue weighted by atomic mass is 16.5. The molecule has 3 aromatic rings. The second-order valence-electron chi connectivity index (χ2n) is 3.71. The molecule has 0 atom stereocenters. The Kier molecular flexibility index (Phi) is 2.04. The quantitative estimate of drug-likeness (QED) is 0.682. The lowest BCUT2D eigenvalue weighted by Crippen LogP contribution is -1.86. The lowest BCUT2D eigenvalue weighted by atomic mass is 10.1. The number of para-hydroxylation sites is 1. The summed E-state index contributed by atoms with van der Waals surface area (Å²) in [6.45, 7) is 1.71. The van der Waals surface area contributed by atoms with Gasteiger partial charge in [0.05, 0.1) is 11.3 Å². The summed E-state index contributed by atoms with van der Waals surface area (Å²) >= 11 is 0. The van der Waals surface area contributed by atoms with Crippen molar-refractivity contribution in [3.63, 3.8) is 0 Å². The van der Waals surface area contributed by atoms with Crippen molar-refractivity contribution in [2.75, 3.05) is 0 Å². The molecule has 1 N–H and O–H groups in total. The number of aromatic amines is 1. The third kappa shape index (κ3) is 1.44. The molecular formula is C12H9N3O2. The molecule has 0 bridgehead atoms. The summed E-state index contributed by atoms with van der Waals surface area (Å²) in [4.78, 5) is 18.4. The van der Waals surface area contributed by atoms with Crippen LogP contribution >= 0.6 is 0 Å². The molecule has 0 amide bonds. The van der Waals surface area contributed by atoms with Crippen molar-refractivity contribution < 1.29 is 9.32 Å². The summed E-state index contributed by atoms with van der Waals surface area (Å²) < 4.78 is 4.92. The van der Waals surface area contributed by atoms with Crippen molar-refractivity contribution in [1.82, 2.24) is 15.1 Å². The number of benzene rings is 1. The van der Waals surface area contributed by atoms with Crippen LogP contribution in [0.25, 0.3) is 22.4 Å². The average molecular weight is 227 g/mol. The Balaban J connectivity index is 2.32. The summed E-state index contributed by atoms with van der Waals surface area (Å²) in [5.41, 5.74) is 2.03. The number of nitrogens with zero attached hydrogens (tertiary/aromatic N) is 2. The van der Waals surface area contributed by atoms with E-state index in [-0.39, 0.29) is 0 Å². The molecule has 84 valence electrons. The van der Waals surface area contributed by atoms with Crippen LogP contribution in [-0.4, -0.2) is 21.4 Å². The highest BCUT2D eigenvalue weighted by Crippen LogP contribution is 2.26. The van der Waals surface area contributed by atoms with Gasteiger partial charge in [0.25, 0.3) is 0 Å². The van der Waals surface area contributed by atoms with Gasteiger partial charge >= 0.3 is 0 Å². The number of rotatable bonds is 2. The highest BCUT2D eigenvalue weighted by molar-refractivity contribution is 6.03. The molecule has 0 spiro atoms. The zero-order chi connectivity index (χ0) is 11.8. The maximum absolute atomic E-state index is 11.2. The summed E-state index contributed by atoms with van der Waals surface area (Å²) in [6.07, 6.45) is 0.805. The smallest absolute Gasteiger partial charge is 0.223 e. The number of hydrogen-bond acceptors (Lipinski definition) is 4. The first kappa shape index (κ1) is 9.77. The summed E-state index contributed by atoms with van der Waals surface area (Å²) in [5.74, 6) is 0.872. The third-order valence-corrected chi connectivity index (χ3v) is 2.62. The summed E-state index contributed by atoms with van der Waals surface area (Å²) in [6, 6.07) is 7.57. The largest absolute Gasteiger partial charge is 0.351 e. The fourth-order valence-corrected chi connectivity index (χ4v) is 1.86. The van der Waals surface area contributed by atoms with Crippen LogP contribution in [-0.2, 0) is 0 Å². The lowest BCUT2D eigenvalue weighted by Gasteiger charge is -1.90. The number of hydrogen-bond donors (Lipinski definition) is 1. The van der Waals surface area contributed by atoms with Gasteiger partial charge in [-0.3, -0.25) is 4.79 Å². The molecule has 17 heavy (non-hydrogen) atoms. The molecule has 0 fully saturated rings. The molecule has 0 saturated heterocycles. The van der Waals surface area contributed by atoms with E-state index in [0.29, 0.717) is 23.0 Å². The first-order chi connectivity index (χ1) is 8.29. The highest BCUT2D eigenvalue weighted by Gasteiger charge is 2.16. The van der Waals surface area contributed by atoms with Gasteiger partial charge in [-0.05, 0) is 6.07 Å². The van der Waals surface area contributed by atoms with Crippen molar-refractivity contribution in [3.8, 4) is 11.5 Å². The molecule has 0 aliphatic rings. The minimum Gasteiger partial charge on any atom is -0.351 e. The van der Waals surface area contributed by atoms with Crippen LogP contribution in [0, 0.1) is 6.92 Å². The molecule has 1 aromatic carbocycles. The molecule has 0 aliphatic heterocycles. The second kappa shape index (κ2) is 3.55. The standard InChI is InChI=1S/C12H9N3O2/c1-7-13-12(15-17-7)11-9(6-16)8-4-2-3-5-10(8)14-11/h2-6,14H,1H3. The number of fused-ring (bicyclic) bond motifs is 1. The normalized spacial score (nSPS) is 10.9. The van der Waals surface area contributed by atoms with Crippen LogP contribution in [0.2, 0.25) is 0 Å². The van der Waals surface area contributed by atoms with E-state index < -0.39 is 0 Å². The van der Waals surface area contributed by atoms with Gasteiger partial charge in [0.2, 0.25) is 11.7 Å². The van der Waals surface area contributed by atoms with E-state index in [9.17, 15) is 4.79 Å². The zero-order valence-corrected chi connectivity index (χ0v) is 9.10. The van der Waals surface area contributed by atoms with Gasteiger partial charge in [-0.15, -0.1) is 0 Å². The Bertz CT molecular complexity index is 697. The molecule has 3 rings (SSSR count). The van der Waals surface area contributed by atoms with E-state index in [1.165, 1.54) is 0 Å². The SMILES string of the molecule is Cc1nc(-c2[nH]c3ccccc3c2C=O)no1. The third-order valence-electron chi connectivity index (χ3n) is 2.62. The Morgan fingerprint density at radius 2 is 2.18 bits per heavy atom. The first-order valence-electron chi connectivity index (χ1n) is 5.16. The van der Waals surface area contributed by atoms with Crippen LogP contribution in [0.15, 0.2) is 28.8 Å². The van der Waals surface area contributed by atoms with Gasteiger partial charge in [0, 0.05) is 17.8 Å². The van der Waals surface area contributed by atoms with Gasteiger partial charge in [0.1, 0.15) is 0 Å². The number of nitrogens with one attached hydrogen (secondary N) is 1. The van der Waals surface area contributed by atoms with E-state index in [2.05, 4.69) is 15.1 Å². The molecule has 5 nitrogen and oxygen atoms in total. The molecule has 5 heteroatoms. The molecule has 0 saturated carbocycles. The second-order valence-corrected chi connectivity index (χ2v) is 3.71. The molecule has 0 aliphatic carbocycles. The van der Waals surface area contributed by atoms with E-state index >= 15 is 0 Å². The minimum atomic E-state index is 0.404. The minimum absolute atomic E-state index is 0.404. The molecule has 2 aromatic heterocycles. The predicted molar refractivity (Wildman–Crippen MR) is 61.7 cm³/mol. The average Bonchev–Trinajstić information content (AvgIpc) is 2.91. The van der Waals surface area contributed by atoms with E-state index in [0.717, 1.165) is 17.2 Å². The van der Waals surface area contributed by atoms with Gasteiger partial charge < -0.3 is 9.51 Å². The summed E-state index contributed by atoms with van der Waals surface area (Å²) in [5, 5.41) is 4.67. The van der Waals surface area contributed by atoms with Gasteiger partial charge in [-0.1, -0.05) is 23.4 Å². The van der Waals surface area contributed by atoms with Crippen molar-refractivity contribution in [2.24, 2.45) is 0 Å². The van der Waals surface area contributed by atoms with E-state index in [4.69, 9.17) is 4.52 Å². The van der Waals surface area contributed by atoms with E-state index in [1.54, 1.807) is 6.92 Å². The van der Waals surface area contributed by atoms with Gasteiger partial charge in [-0.25, -0.2) is 0 Å². The number of aromatic nitrogens is 3. The monoisotopic (exact) mass is 227 g/mol. The number of carbonyl (C=O) groups is 1. The Labute approximate surface area is 96.5 Å². The number of H-pyrrole nitrogens is 1. The maximum atomic E-state index is 11.2. The molecular weight excluding hydrogens is 218 g/mol. The topological polar surface area (TPSA) is 71.8 Å². The van der Waals surface area contributed by atoms with Crippen LogP contribution in [0.1, 0.15) is 16.2 Å². The Hall–Kier alpha value is -2.43. The predicted octanol–water partition coefficient (Wildman–Crippen LogP) is 2.34. The fraction of sp³-hybridized carbons (Fsp3) is 0.0833. The van der Waals surface area contributed by atoms with Crippen molar-refractivity contribution in [1.29, 1.82) is 0 Å². The Morgan fingerprint density at radius 3 is 2.88 bits per heavy atom. The molecule has 2 heterocycles. The molecule has 0 unspecified atom stereocenters. The van der Waals surface area contributed by atoms with Gasteiger partial charge in [-0.2, -0.15) is 4.98 Å². The van der Waals surface area contributed by atoms with Crippen LogP contribution in [0.3, 0.4) is 0 Å². The van der Waals surface area contributed by atoms with Crippen LogP contribution < -0.4 is 0 Å². The first-order valence-corrected chi connectivity index (χ1v) is 5.16. The summed E-state index contributed by atoms with van der Waals surface area (Å²) in [7, 11) is 0. The molecule has 0 radical (unpaired) electrons. The van der Waals surface area contributed by atoms with Crippen molar-refractivity contribution in [3.05, 3.63) is 35.7 Å². The number of aryl methyl sites for hydroxylation is 1. The fourth-order valence-electron chi connectivity index (χ4n) is 1.86. The lowest BCUT2D eigenvalue weighted by molar-refractivity contribution is 0.112. The zero-order valence-electron chi connectivity index (χ0n) is 9.10. The van der Waals surface area contributed by atoms with Gasteiger partial charge in [0.15, 0.2) is 6.29 Å². The van der Waals surface area contributed by atoms with E-state index in [1.807, 2.05) is 24.3 Å². The van der Waals surface area contributed by atoms with Crippen LogP contribution in [0.4, 0.5) is 0 Å². The Morgan fingerprint density at radius 1 is 1.35 bits per heavy atom. The number of carbonyl (C=O) groups excluding carboxylic acids is 1. The van der Waals surface area contributed by atoms with Crippen LogP contribution in [0.5, 0.6) is 0 Å². The maximum Gasteiger partial charge on any atom is 0.223 e. The van der Waals surface area contributed by atoms with Crippen molar-refractivity contribution in [2.45, 2.75) is 6.92 Å². The van der Waals surface area contributed by atoms with Crippen molar-refractivity contribution >= 4 is 17.2 Å². The number of aldehydes is 1.